The summed E-state index contributed by atoms with van der Waals surface area (Å²) < 4.78 is 7.57. The Kier molecular flexibility index (Phi) is 4.02. The van der Waals surface area contributed by atoms with Crippen molar-refractivity contribution in [2.24, 2.45) is 0 Å². The number of rotatable bonds is 3. The highest BCUT2D eigenvalue weighted by atomic mass is 79.9. The van der Waals surface area contributed by atoms with E-state index in [4.69, 9.17) is 4.74 Å². The van der Waals surface area contributed by atoms with Crippen LogP contribution in [-0.4, -0.2) is 34.2 Å². The molecule has 5 nitrogen and oxygen atoms in total. The van der Waals surface area contributed by atoms with Crippen LogP contribution in [0.25, 0.3) is 5.57 Å². The highest BCUT2D eigenvalue weighted by Gasteiger charge is 2.24. The van der Waals surface area contributed by atoms with Crippen molar-refractivity contribution in [3.05, 3.63) is 52.8 Å². The summed E-state index contributed by atoms with van der Waals surface area (Å²) in [7, 11) is 1.64. The van der Waals surface area contributed by atoms with Gasteiger partial charge in [0.1, 0.15) is 16.9 Å². The van der Waals surface area contributed by atoms with E-state index in [2.05, 4.69) is 27.6 Å². The van der Waals surface area contributed by atoms with Crippen LogP contribution in [0, 0.1) is 0 Å². The van der Waals surface area contributed by atoms with Crippen LogP contribution in [0.1, 0.15) is 11.3 Å². The van der Waals surface area contributed by atoms with Crippen molar-refractivity contribution in [2.45, 2.75) is 13.1 Å². The van der Waals surface area contributed by atoms with Crippen molar-refractivity contribution in [1.82, 2.24) is 14.7 Å². The number of hydrogen-bond donors (Lipinski definition) is 0. The smallest absolute Gasteiger partial charge is 0.244 e. The minimum Gasteiger partial charge on any atom is -0.497 e. The first kappa shape index (κ1) is 14.8. The lowest BCUT2D eigenvalue weighted by Crippen LogP contribution is -2.32. The van der Waals surface area contributed by atoms with E-state index < -0.39 is 0 Å². The van der Waals surface area contributed by atoms with Crippen LogP contribution in [-0.2, 0) is 17.9 Å². The monoisotopic (exact) mass is 361 g/mol. The molecular weight excluding hydrogens is 346 g/mol. The summed E-state index contributed by atoms with van der Waals surface area (Å²) in [5.41, 5.74) is 2.85. The number of halogens is 1. The van der Waals surface area contributed by atoms with Gasteiger partial charge in [0.25, 0.3) is 0 Å². The molecule has 2 aromatic rings. The number of hydrogen-bond acceptors (Lipinski definition) is 3. The van der Waals surface area contributed by atoms with Gasteiger partial charge in [-0.2, -0.15) is 5.10 Å². The molecule has 3 rings (SSSR count). The van der Waals surface area contributed by atoms with E-state index in [0.717, 1.165) is 27.2 Å². The highest BCUT2D eigenvalue weighted by molar-refractivity contribution is 9.10. The molecular formula is C16H16BrN3O2. The molecule has 22 heavy (non-hydrogen) atoms. The van der Waals surface area contributed by atoms with Crippen LogP contribution in [0.5, 0.6) is 5.75 Å². The summed E-state index contributed by atoms with van der Waals surface area (Å²) in [5.74, 6) is 0.839. The number of ether oxygens (including phenoxy) is 1. The number of carbonyl (C=O) groups excluding carboxylic acids is 1. The Morgan fingerprint density at radius 2 is 2.05 bits per heavy atom. The molecule has 0 saturated heterocycles. The molecule has 0 unspecified atom stereocenters. The molecule has 1 aliphatic heterocycles. The average Bonchev–Trinajstić information content (AvgIpc) is 2.83. The van der Waals surface area contributed by atoms with Crippen molar-refractivity contribution in [3.63, 3.8) is 0 Å². The van der Waals surface area contributed by atoms with Crippen molar-refractivity contribution >= 4 is 27.4 Å². The summed E-state index contributed by atoms with van der Waals surface area (Å²) in [4.78, 5) is 14.2. The van der Waals surface area contributed by atoms with Crippen molar-refractivity contribution < 1.29 is 9.53 Å². The fourth-order valence-corrected chi connectivity index (χ4v) is 2.92. The fraction of sp³-hybridized carbons (Fsp3) is 0.250. The molecule has 1 aromatic carbocycles. The second kappa shape index (κ2) is 5.96. The summed E-state index contributed by atoms with van der Waals surface area (Å²) in [6, 6.07) is 9.62. The van der Waals surface area contributed by atoms with E-state index in [1.165, 1.54) is 0 Å². The van der Waals surface area contributed by atoms with Gasteiger partial charge in [0.05, 0.1) is 12.8 Å². The Bertz CT molecular complexity index is 721. The van der Waals surface area contributed by atoms with Gasteiger partial charge in [-0.25, -0.2) is 0 Å². The van der Waals surface area contributed by atoms with Gasteiger partial charge in [-0.15, -0.1) is 0 Å². The number of benzene rings is 1. The Balaban J connectivity index is 1.79. The lowest BCUT2D eigenvalue weighted by Gasteiger charge is -2.21. The number of aromatic nitrogens is 2. The molecule has 114 valence electrons. The maximum atomic E-state index is 12.4. The summed E-state index contributed by atoms with van der Waals surface area (Å²) in [5, 5.41) is 4.28. The Morgan fingerprint density at radius 3 is 2.73 bits per heavy atom. The van der Waals surface area contributed by atoms with Crippen LogP contribution in [0.3, 0.4) is 0 Å². The van der Waals surface area contributed by atoms with E-state index in [1.54, 1.807) is 16.7 Å². The van der Waals surface area contributed by atoms with Crippen LogP contribution in [0.15, 0.2) is 41.5 Å². The van der Waals surface area contributed by atoms with Crippen LogP contribution in [0.2, 0.25) is 0 Å². The Hall–Kier alpha value is -2.08. The zero-order valence-corrected chi connectivity index (χ0v) is 13.8. The maximum Gasteiger partial charge on any atom is 0.244 e. The largest absolute Gasteiger partial charge is 0.497 e. The summed E-state index contributed by atoms with van der Waals surface area (Å²) in [6.45, 7) is 5.37. The minimum atomic E-state index is 0.0336. The molecule has 0 bridgehead atoms. The SMILES string of the molecule is C=C1CN(Cc2ccc(OC)cc2)C(=O)Cn2nc(Br)cc21. The standard InChI is InChI=1S/C16H16BrN3O2/c1-11-8-19(9-12-3-5-13(22-2)6-4-12)16(21)10-20-14(11)7-15(17)18-20/h3-7H,1,8-10H2,2H3. The molecule has 1 amide bonds. The van der Waals surface area contributed by atoms with E-state index in [1.807, 2.05) is 30.3 Å². The maximum absolute atomic E-state index is 12.4. The molecule has 0 N–H and O–H groups in total. The highest BCUT2D eigenvalue weighted by Crippen LogP contribution is 2.23. The first-order valence-electron chi connectivity index (χ1n) is 6.89. The fourth-order valence-electron chi connectivity index (χ4n) is 2.51. The van der Waals surface area contributed by atoms with Gasteiger partial charge in [-0.05, 0) is 45.3 Å². The van der Waals surface area contributed by atoms with Crippen molar-refractivity contribution in [3.8, 4) is 5.75 Å². The van der Waals surface area contributed by atoms with Gasteiger partial charge in [0.2, 0.25) is 5.91 Å². The molecule has 0 aliphatic carbocycles. The molecule has 0 fully saturated rings. The number of carbonyl (C=O) groups is 1. The van der Waals surface area contributed by atoms with Gasteiger partial charge < -0.3 is 9.64 Å². The van der Waals surface area contributed by atoms with Crippen molar-refractivity contribution in [2.75, 3.05) is 13.7 Å². The lowest BCUT2D eigenvalue weighted by atomic mass is 10.1. The van der Waals surface area contributed by atoms with Gasteiger partial charge in [0.15, 0.2) is 0 Å². The molecule has 0 spiro atoms. The molecule has 0 radical (unpaired) electrons. The third kappa shape index (κ3) is 2.92. The molecule has 0 saturated carbocycles. The number of amides is 1. The Morgan fingerprint density at radius 1 is 1.32 bits per heavy atom. The normalized spacial score (nSPS) is 14.7. The van der Waals surface area contributed by atoms with Gasteiger partial charge in [-0.1, -0.05) is 18.7 Å². The van der Waals surface area contributed by atoms with E-state index in [0.29, 0.717) is 13.1 Å². The van der Waals surface area contributed by atoms with Crippen molar-refractivity contribution in [1.29, 1.82) is 0 Å². The second-order valence-electron chi connectivity index (χ2n) is 5.21. The summed E-state index contributed by atoms with van der Waals surface area (Å²) >= 11 is 3.34. The Labute approximate surface area is 137 Å². The molecule has 0 atom stereocenters. The first-order valence-corrected chi connectivity index (χ1v) is 7.68. The van der Waals surface area contributed by atoms with Crippen LogP contribution < -0.4 is 4.74 Å². The predicted molar refractivity (Wildman–Crippen MR) is 87.4 cm³/mol. The number of fused-ring (bicyclic) bond motifs is 1. The number of nitrogens with zero attached hydrogens (tertiary/aromatic N) is 3. The third-order valence-electron chi connectivity index (χ3n) is 3.66. The van der Waals surface area contributed by atoms with Crippen LogP contribution in [0.4, 0.5) is 0 Å². The molecule has 2 heterocycles. The second-order valence-corrected chi connectivity index (χ2v) is 6.02. The number of methoxy groups -OCH3 is 1. The molecule has 1 aromatic heterocycles. The molecule has 6 heteroatoms. The van der Waals surface area contributed by atoms with Gasteiger partial charge in [-0.3, -0.25) is 9.48 Å². The quantitative estimate of drug-likeness (QED) is 0.844. The average molecular weight is 362 g/mol. The van der Waals surface area contributed by atoms with E-state index >= 15 is 0 Å². The van der Waals surface area contributed by atoms with E-state index in [9.17, 15) is 4.79 Å². The minimum absolute atomic E-state index is 0.0336. The van der Waals surface area contributed by atoms with Gasteiger partial charge >= 0.3 is 0 Å². The summed E-state index contributed by atoms with van der Waals surface area (Å²) in [6.07, 6.45) is 0. The van der Waals surface area contributed by atoms with Gasteiger partial charge in [0, 0.05) is 13.1 Å². The third-order valence-corrected chi connectivity index (χ3v) is 4.05. The zero-order valence-electron chi connectivity index (χ0n) is 12.3. The van der Waals surface area contributed by atoms with E-state index in [-0.39, 0.29) is 12.5 Å². The topological polar surface area (TPSA) is 47.4 Å². The zero-order chi connectivity index (χ0) is 15.7. The molecule has 1 aliphatic rings. The lowest BCUT2D eigenvalue weighted by molar-refractivity contribution is -0.131. The van der Waals surface area contributed by atoms with Crippen LogP contribution >= 0.6 is 15.9 Å². The predicted octanol–water partition coefficient (Wildman–Crippen LogP) is 2.71. The first-order chi connectivity index (χ1) is 10.6.